The van der Waals surface area contributed by atoms with Gasteiger partial charge in [-0.2, -0.15) is 0 Å². The summed E-state index contributed by atoms with van der Waals surface area (Å²) in [6.45, 7) is 11.4. The normalized spacial score (nSPS) is 42.3. The highest BCUT2D eigenvalue weighted by molar-refractivity contribution is 6.18. The number of ether oxygens (including phenoxy) is 2. The Morgan fingerprint density at radius 3 is 2.69 bits per heavy atom. The monoisotopic (exact) mass is 384 g/mol. The van der Waals surface area contributed by atoms with Crippen LogP contribution in [-0.4, -0.2) is 51.9 Å². The van der Waals surface area contributed by atoms with Gasteiger partial charge in [0, 0.05) is 17.9 Å². The smallest absolute Gasteiger partial charge is 0.334 e. The van der Waals surface area contributed by atoms with Gasteiger partial charge >= 0.3 is 11.9 Å². The number of carbonyl (C=O) groups is 2. The van der Waals surface area contributed by atoms with Crippen molar-refractivity contribution in [3.8, 4) is 0 Å². The van der Waals surface area contributed by atoms with E-state index in [1.54, 1.807) is 13.8 Å². The third kappa shape index (κ3) is 2.79. The Balaban J connectivity index is 2.03. The van der Waals surface area contributed by atoms with Gasteiger partial charge in [0.2, 0.25) is 0 Å². The van der Waals surface area contributed by atoms with E-state index in [-0.39, 0.29) is 35.7 Å². The van der Waals surface area contributed by atoms with Crippen LogP contribution in [0, 0.1) is 23.7 Å². The zero-order valence-corrected chi connectivity index (χ0v) is 15.7. The van der Waals surface area contributed by atoms with Crippen molar-refractivity contribution in [2.45, 2.75) is 50.6 Å². The molecule has 3 aliphatic rings. The van der Waals surface area contributed by atoms with E-state index in [1.165, 1.54) is 0 Å². The van der Waals surface area contributed by atoms with Crippen LogP contribution in [0.4, 0.5) is 0 Å². The summed E-state index contributed by atoms with van der Waals surface area (Å²) in [4.78, 5) is 24.4. The fourth-order valence-corrected chi connectivity index (χ4v) is 4.91. The van der Waals surface area contributed by atoms with Crippen molar-refractivity contribution in [2.24, 2.45) is 23.7 Å². The lowest BCUT2D eigenvalue weighted by atomic mass is 9.76. The van der Waals surface area contributed by atoms with E-state index in [9.17, 15) is 19.8 Å². The molecule has 2 N–H and O–H groups in total. The first-order valence-corrected chi connectivity index (χ1v) is 9.39. The minimum Gasteiger partial charge on any atom is -0.461 e. The highest BCUT2D eigenvalue weighted by atomic mass is 35.5. The predicted octanol–water partition coefficient (Wildman–Crippen LogP) is 1.58. The number of hydrogen-bond donors (Lipinski definition) is 2. The molecule has 144 valence electrons. The van der Waals surface area contributed by atoms with Gasteiger partial charge in [0.05, 0.1) is 23.8 Å². The lowest BCUT2D eigenvalue weighted by molar-refractivity contribution is -0.160. The lowest BCUT2D eigenvalue weighted by Gasteiger charge is -2.37. The van der Waals surface area contributed by atoms with Gasteiger partial charge in [-0.1, -0.05) is 32.6 Å². The van der Waals surface area contributed by atoms with Crippen LogP contribution in [-0.2, 0) is 19.1 Å². The molecule has 1 aliphatic heterocycles. The Hall–Kier alpha value is -1.37. The second-order valence-electron chi connectivity index (χ2n) is 7.92. The first-order chi connectivity index (χ1) is 12.1. The highest BCUT2D eigenvalue weighted by Gasteiger charge is 2.64. The molecule has 3 rings (SSSR count). The Morgan fingerprint density at radius 1 is 1.46 bits per heavy atom. The standard InChI is InChI=1S/C19H25ClO6/c1-8(2)17(22)25-12-5-9(3)11-6-13(21)19(24,7-20)15(11)16-14(12)10(4)18(23)26-16/h8,11-16,21,24H,3-7H2,1-2H3/t11-,12-,13-,14+,15-,16-,19+/m0/s1. The van der Waals surface area contributed by atoms with E-state index >= 15 is 0 Å². The fraction of sp³-hybridized carbons (Fsp3) is 0.684. The van der Waals surface area contributed by atoms with Gasteiger partial charge in [-0.15, -0.1) is 11.6 Å². The van der Waals surface area contributed by atoms with Gasteiger partial charge in [-0.05, 0) is 12.3 Å². The SMILES string of the molecule is C=C1C(=O)O[C@H]2[C@H]1[C@@H](OC(=O)C(C)C)CC(=C)[C@@H]1C[C@H](O)[C@](O)(CCl)[C@H]21. The molecule has 0 bridgehead atoms. The summed E-state index contributed by atoms with van der Waals surface area (Å²) in [6, 6.07) is 0. The zero-order valence-electron chi connectivity index (χ0n) is 15.0. The van der Waals surface area contributed by atoms with Crippen LogP contribution in [0.15, 0.2) is 24.3 Å². The Morgan fingerprint density at radius 2 is 2.12 bits per heavy atom. The molecule has 0 aromatic heterocycles. The third-order valence-electron chi connectivity index (χ3n) is 6.02. The van der Waals surface area contributed by atoms with E-state index in [2.05, 4.69) is 13.2 Å². The maximum atomic E-state index is 12.2. The molecular formula is C19H25ClO6. The first-order valence-electron chi connectivity index (χ1n) is 8.86. The number of halogens is 1. The number of aliphatic hydroxyl groups excluding tert-OH is 1. The second kappa shape index (κ2) is 6.66. The minimum absolute atomic E-state index is 0.202. The Labute approximate surface area is 157 Å². The van der Waals surface area contributed by atoms with E-state index in [0.29, 0.717) is 6.42 Å². The first kappa shape index (κ1) is 19.4. The largest absolute Gasteiger partial charge is 0.461 e. The summed E-state index contributed by atoms with van der Waals surface area (Å²) >= 11 is 6.00. The zero-order chi connectivity index (χ0) is 19.4. The number of carbonyl (C=O) groups excluding carboxylic acids is 2. The van der Waals surface area contributed by atoms with Crippen LogP contribution in [0.5, 0.6) is 0 Å². The van der Waals surface area contributed by atoms with Crippen molar-refractivity contribution in [1.29, 1.82) is 0 Å². The van der Waals surface area contributed by atoms with Gasteiger partial charge in [0.15, 0.2) is 0 Å². The van der Waals surface area contributed by atoms with Crippen molar-refractivity contribution in [3.05, 3.63) is 24.3 Å². The molecule has 0 unspecified atom stereocenters. The molecule has 2 aliphatic carbocycles. The van der Waals surface area contributed by atoms with Crippen LogP contribution in [0.3, 0.4) is 0 Å². The quantitative estimate of drug-likeness (QED) is 0.332. The van der Waals surface area contributed by atoms with Crippen molar-refractivity contribution >= 4 is 23.5 Å². The number of fused-ring (bicyclic) bond motifs is 3. The van der Waals surface area contributed by atoms with Crippen molar-refractivity contribution < 1.29 is 29.3 Å². The molecule has 0 aromatic carbocycles. The van der Waals surface area contributed by atoms with Crippen LogP contribution in [0.2, 0.25) is 0 Å². The van der Waals surface area contributed by atoms with E-state index in [0.717, 1.165) is 5.57 Å². The molecule has 0 radical (unpaired) electrons. The second-order valence-corrected chi connectivity index (χ2v) is 8.19. The van der Waals surface area contributed by atoms with Crippen molar-refractivity contribution in [3.63, 3.8) is 0 Å². The Bertz CT molecular complexity index is 658. The number of esters is 2. The van der Waals surface area contributed by atoms with Crippen molar-refractivity contribution in [1.82, 2.24) is 0 Å². The van der Waals surface area contributed by atoms with Crippen LogP contribution >= 0.6 is 11.6 Å². The summed E-state index contributed by atoms with van der Waals surface area (Å²) in [6.07, 6.45) is -1.88. The molecule has 0 amide bonds. The number of aliphatic hydroxyl groups is 2. The average molecular weight is 385 g/mol. The maximum Gasteiger partial charge on any atom is 0.334 e. The van der Waals surface area contributed by atoms with Gasteiger partial charge in [0.1, 0.15) is 17.8 Å². The lowest BCUT2D eigenvalue weighted by Crippen LogP contribution is -2.52. The molecule has 0 spiro atoms. The molecule has 1 heterocycles. The van der Waals surface area contributed by atoms with E-state index in [4.69, 9.17) is 21.1 Å². The summed E-state index contributed by atoms with van der Waals surface area (Å²) in [7, 11) is 0. The summed E-state index contributed by atoms with van der Waals surface area (Å²) in [5, 5.41) is 21.4. The van der Waals surface area contributed by atoms with Gasteiger partial charge in [-0.3, -0.25) is 4.79 Å². The molecule has 2 saturated carbocycles. The van der Waals surface area contributed by atoms with Crippen LogP contribution in [0.1, 0.15) is 26.7 Å². The third-order valence-corrected chi connectivity index (χ3v) is 6.45. The molecule has 6 nitrogen and oxygen atoms in total. The average Bonchev–Trinajstić information content (AvgIpc) is 2.97. The summed E-state index contributed by atoms with van der Waals surface area (Å²) in [5.74, 6) is -2.99. The van der Waals surface area contributed by atoms with Gasteiger partial charge < -0.3 is 19.7 Å². The molecule has 3 fully saturated rings. The summed E-state index contributed by atoms with van der Waals surface area (Å²) < 4.78 is 11.2. The predicted molar refractivity (Wildman–Crippen MR) is 94.3 cm³/mol. The minimum atomic E-state index is -1.61. The van der Waals surface area contributed by atoms with Gasteiger partial charge in [0.25, 0.3) is 0 Å². The van der Waals surface area contributed by atoms with Crippen LogP contribution < -0.4 is 0 Å². The van der Waals surface area contributed by atoms with Gasteiger partial charge in [-0.25, -0.2) is 4.79 Å². The highest BCUT2D eigenvalue weighted by Crippen LogP contribution is 2.55. The fourth-order valence-electron chi connectivity index (χ4n) is 4.55. The number of rotatable bonds is 3. The van der Waals surface area contributed by atoms with Crippen LogP contribution in [0.25, 0.3) is 0 Å². The molecule has 1 saturated heterocycles. The summed E-state index contributed by atoms with van der Waals surface area (Å²) in [5.41, 5.74) is -0.655. The van der Waals surface area contributed by atoms with E-state index < -0.39 is 41.7 Å². The molecule has 26 heavy (non-hydrogen) atoms. The maximum absolute atomic E-state index is 12.2. The Kier molecular flexibility index (Phi) is 4.97. The molecule has 0 aromatic rings. The topological polar surface area (TPSA) is 93.1 Å². The number of alkyl halides is 1. The molecule has 7 atom stereocenters. The molecular weight excluding hydrogens is 360 g/mol. The molecule has 7 heteroatoms. The van der Waals surface area contributed by atoms with E-state index in [1.807, 2.05) is 0 Å². The number of hydrogen-bond acceptors (Lipinski definition) is 6. The van der Waals surface area contributed by atoms with Crippen molar-refractivity contribution in [2.75, 3.05) is 5.88 Å².